The molecule has 4 rings (SSSR count). The molecule has 2 N–H and O–H groups in total. The molecule has 1 aliphatic carbocycles. The number of aliphatic hydroxyl groups is 1. The largest absolute Gasteiger partial charge is 0.393 e. The molecule has 1 saturated carbocycles. The van der Waals surface area contributed by atoms with Crippen molar-refractivity contribution in [1.82, 2.24) is 19.7 Å². The Morgan fingerprint density at radius 3 is 2.64 bits per heavy atom. The molecule has 2 heterocycles. The summed E-state index contributed by atoms with van der Waals surface area (Å²) in [5, 5.41) is 17.4. The van der Waals surface area contributed by atoms with Crippen LogP contribution in [0.15, 0.2) is 55.0 Å². The lowest BCUT2D eigenvalue weighted by Crippen LogP contribution is -2.28. The smallest absolute Gasteiger partial charge is 0.223 e. The zero-order valence-corrected chi connectivity index (χ0v) is 13.9. The fourth-order valence-electron chi connectivity index (χ4n) is 3.17. The van der Waals surface area contributed by atoms with Gasteiger partial charge in [0, 0.05) is 24.0 Å². The molecule has 128 valence electrons. The molecule has 0 atom stereocenters. The van der Waals surface area contributed by atoms with Crippen molar-refractivity contribution in [3.05, 3.63) is 55.0 Å². The van der Waals surface area contributed by atoms with Crippen LogP contribution in [0.25, 0.3) is 16.9 Å². The highest BCUT2D eigenvalue weighted by Crippen LogP contribution is 2.23. The van der Waals surface area contributed by atoms with Crippen LogP contribution in [0.4, 0.5) is 5.95 Å². The molecule has 0 unspecified atom stereocenters. The minimum Gasteiger partial charge on any atom is -0.393 e. The summed E-state index contributed by atoms with van der Waals surface area (Å²) in [6.07, 6.45) is 8.95. The van der Waals surface area contributed by atoms with E-state index in [1.165, 1.54) is 0 Å². The molecule has 6 heteroatoms. The summed E-state index contributed by atoms with van der Waals surface area (Å²) in [5.74, 6) is 0.631. The van der Waals surface area contributed by atoms with E-state index in [2.05, 4.69) is 20.4 Å². The van der Waals surface area contributed by atoms with E-state index >= 15 is 0 Å². The molecule has 1 fully saturated rings. The predicted molar refractivity (Wildman–Crippen MR) is 96.5 cm³/mol. The molecule has 0 radical (unpaired) electrons. The van der Waals surface area contributed by atoms with Gasteiger partial charge in [-0.05, 0) is 43.9 Å². The highest BCUT2D eigenvalue weighted by molar-refractivity contribution is 5.58. The third kappa shape index (κ3) is 3.69. The minimum absolute atomic E-state index is 0.158. The first-order chi connectivity index (χ1) is 12.3. The third-order valence-electron chi connectivity index (χ3n) is 4.58. The molecule has 0 bridgehead atoms. The second kappa shape index (κ2) is 7.03. The van der Waals surface area contributed by atoms with Gasteiger partial charge in [0.2, 0.25) is 5.95 Å². The second-order valence-corrected chi connectivity index (χ2v) is 6.42. The molecule has 0 spiro atoms. The van der Waals surface area contributed by atoms with Crippen molar-refractivity contribution >= 4 is 5.95 Å². The molecule has 0 amide bonds. The molecule has 0 saturated heterocycles. The van der Waals surface area contributed by atoms with E-state index in [0.29, 0.717) is 12.0 Å². The van der Waals surface area contributed by atoms with E-state index in [0.717, 1.165) is 42.6 Å². The van der Waals surface area contributed by atoms with Crippen molar-refractivity contribution in [3.63, 3.8) is 0 Å². The van der Waals surface area contributed by atoms with Gasteiger partial charge in [0.15, 0.2) is 0 Å². The molecule has 25 heavy (non-hydrogen) atoms. The average Bonchev–Trinajstić information content (AvgIpc) is 3.15. The summed E-state index contributed by atoms with van der Waals surface area (Å²) < 4.78 is 1.84. The fraction of sp³-hybridized carbons (Fsp3) is 0.316. The topological polar surface area (TPSA) is 75.9 Å². The number of para-hydroxylation sites is 1. The van der Waals surface area contributed by atoms with Gasteiger partial charge in [0.05, 0.1) is 23.7 Å². The normalized spacial score (nSPS) is 20.4. The summed E-state index contributed by atoms with van der Waals surface area (Å²) in [5.41, 5.74) is 2.81. The Hall–Kier alpha value is -2.73. The summed E-state index contributed by atoms with van der Waals surface area (Å²) >= 11 is 0. The van der Waals surface area contributed by atoms with Crippen molar-refractivity contribution in [2.24, 2.45) is 0 Å². The van der Waals surface area contributed by atoms with E-state index in [-0.39, 0.29) is 6.10 Å². The molecule has 0 aliphatic heterocycles. The zero-order chi connectivity index (χ0) is 17.1. The Balaban J connectivity index is 1.51. The van der Waals surface area contributed by atoms with E-state index < -0.39 is 0 Å². The van der Waals surface area contributed by atoms with Crippen molar-refractivity contribution in [2.75, 3.05) is 5.32 Å². The van der Waals surface area contributed by atoms with Gasteiger partial charge in [-0.2, -0.15) is 5.10 Å². The lowest BCUT2D eigenvalue weighted by molar-refractivity contribution is 0.126. The van der Waals surface area contributed by atoms with Crippen molar-refractivity contribution < 1.29 is 5.11 Å². The van der Waals surface area contributed by atoms with Gasteiger partial charge in [-0.3, -0.25) is 0 Å². The van der Waals surface area contributed by atoms with Crippen molar-refractivity contribution in [2.45, 2.75) is 37.8 Å². The van der Waals surface area contributed by atoms with Crippen LogP contribution in [0.2, 0.25) is 0 Å². The first-order valence-electron chi connectivity index (χ1n) is 8.66. The Morgan fingerprint density at radius 2 is 1.84 bits per heavy atom. The molecular weight excluding hydrogens is 314 g/mol. The first kappa shape index (κ1) is 15.8. The quantitative estimate of drug-likeness (QED) is 0.766. The van der Waals surface area contributed by atoms with Crippen LogP contribution < -0.4 is 5.32 Å². The maximum absolute atomic E-state index is 9.61. The van der Waals surface area contributed by atoms with E-state index in [1.807, 2.05) is 53.5 Å². The Labute approximate surface area is 146 Å². The van der Waals surface area contributed by atoms with Crippen LogP contribution in [0.1, 0.15) is 25.7 Å². The summed E-state index contributed by atoms with van der Waals surface area (Å²) in [4.78, 5) is 8.96. The number of aliphatic hydroxyl groups excluding tert-OH is 1. The van der Waals surface area contributed by atoms with Crippen molar-refractivity contribution in [3.8, 4) is 16.9 Å². The zero-order valence-electron chi connectivity index (χ0n) is 13.9. The molecule has 3 aromatic rings. The van der Waals surface area contributed by atoms with Gasteiger partial charge in [0.25, 0.3) is 0 Å². The number of nitrogens with zero attached hydrogens (tertiary/aromatic N) is 4. The number of rotatable bonds is 4. The predicted octanol–water partition coefficient (Wildman–Crippen LogP) is 3.04. The van der Waals surface area contributed by atoms with E-state index in [9.17, 15) is 5.11 Å². The van der Waals surface area contributed by atoms with Crippen molar-refractivity contribution in [1.29, 1.82) is 0 Å². The number of aromatic nitrogens is 4. The standard InChI is InChI=1S/C19H21N5O/c25-17-8-6-15(7-9-17)22-19-20-11-10-18(23-19)14-12-21-24(13-14)16-4-2-1-3-5-16/h1-5,10-13,15,17,25H,6-9H2,(H,20,22,23). The third-order valence-corrected chi connectivity index (χ3v) is 4.58. The maximum Gasteiger partial charge on any atom is 0.223 e. The van der Waals surface area contributed by atoms with Crippen LogP contribution in [0.5, 0.6) is 0 Å². The highest BCUT2D eigenvalue weighted by atomic mass is 16.3. The molecular formula is C19H21N5O. The average molecular weight is 335 g/mol. The van der Waals surface area contributed by atoms with Gasteiger partial charge in [0.1, 0.15) is 0 Å². The number of benzene rings is 1. The van der Waals surface area contributed by atoms with Crippen LogP contribution in [0, 0.1) is 0 Å². The lowest BCUT2D eigenvalue weighted by Gasteiger charge is -2.26. The number of hydrogen-bond donors (Lipinski definition) is 2. The molecule has 1 aliphatic rings. The summed E-state index contributed by atoms with van der Waals surface area (Å²) in [6.45, 7) is 0. The fourth-order valence-corrected chi connectivity index (χ4v) is 3.17. The van der Waals surface area contributed by atoms with Crippen LogP contribution in [-0.4, -0.2) is 37.0 Å². The monoisotopic (exact) mass is 335 g/mol. The second-order valence-electron chi connectivity index (χ2n) is 6.42. The summed E-state index contributed by atoms with van der Waals surface area (Å²) in [6, 6.07) is 12.2. The van der Waals surface area contributed by atoms with Gasteiger partial charge in [-0.25, -0.2) is 14.6 Å². The van der Waals surface area contributed by atoms with Crippen LogP contribution in [0.3, 0.4) is 0 Å². The van der Waals surface area contributed by atoms with Gasteiger partial charge in [-0.1, -0.05) is 18.2 Å². The van der Waals surface area contributed by atoms with Crippen LogP contribution in [-0.2, 0) is 0 Å². The number of hydrogen-bond acceptors (Lipinski definition) is 5. The minimum atomic E-state index is -0.158. The van der Waals surface area contributed by atoms with Gasteiger partial charge >= 0.3 is 0 Å². The maximum atomic E-state index is 9.61. The summed E-state index contributed by atoms with van der Waals surface area (Å²) in [7, 11) is 0. The van der Waals surface area contributed by atoms with Crippen LogP contribution >= 0.6 is 0 Å². The Kier molecular flexibility index (Phi) is 4.43. The highest BCUT2D eigenvalue weighted by Gasteiger charge is 2.20. The van der Waals surface area contributed by atoms with E-state index in [1.54, 1.807) is 6.20 Å². The molecule has 2 aromatic heterocycles. The first-order valence-corrected chi connectivity index (χ1v) is 8.66. The Bertz CT molecular complexity index is 825. The van der Waals surface area contributed by atoms with Gasteiger partial charge < -0.3 is 10.4 Å². The lowest BCUT2D eigenvalue weighted by atomic mass is 9.93. The Morgan fingerprint density at radius 1 is 1.04 bits per heavy atom. The molecule has 6 nitrogen and oxygen atoms in total. The van der Waals surface area contributed by atoms with Gasteiger partial charge in [-0.15, -0.1) is 0 Å². The number of anilines is 1. The number of nitrogens with one attached hydrogen (secondary N) is 1. The molecule has 1 aromatic carbocycles. The van der Waals surface area contributed by atoms with E-state index in [4.69, 9.17) is 0 Å². The SMILES string of the molecule is OC1CCC(Nc2nccc(-c3cnn(-c4ccccc4)c3)n2)CC1.